The number of carbonyl (C=O) groups is 1. The van der Waals surface area contributed by atoms with Gasteiger partial charge in [-0.25, -0.2) is 9.78 Å². The van der Waals surface area contributed by atoms with Crippen LogP contribution >= 0.6 is 0 Å². The van der Waals surface area contributed by atoms with Crippen LogP contribution in [0.25, 0.3) is 33.3 Å². The van der Waals surface area contributed by atoms with Gasteiger partial charge >= 0.3 is 12.3 Å². The van der Waals surface area contributed by atoms with Gasteiger partial charge < -0.3 is 23.7 Å². The number of ether oxygens (including phenoxy) is 2. The Morgan fingerprint density at radius 1 is 1.22 bits per heavy atom. The van der Waals surface area contributed by atoms with Gasteiger partial charge in [0, 0.05) is 59.3 Å². The maximum absolute atomic E-state index is 13.3. The molecule has 1 aliphatic rings. The van der Waals surface area contributed by atoms with Gasteiger partial charge in [-0.3, -0.25) is 0 Å². The first kappa shape index (κ1) is 24.8. The predicted molar refractivity (Wildman–Crippen MR) is 128 cm³/mol. The highest BCUT2D eigenvalue weighted by Gasteiger charge is 2.33. The third-order valence-corrected chi connectivity index (χ3v) is 6.56. The molecule has 0 aliphatic carbocycles. The van der Waals surface area contributed by atoms with Crippen molar-refractivity contribution in [2.45, 2.75) is 45.5 Å². The van der Waals surface area contributed by atoms with Gasteiger partial charge in [0.05, 0.1) is 11.3 Å². The number of alkyl halides is 3. The average Bonchev–Trinajstić information content (AvgIpc) is 3.43. The molecule has 0 amide bonds. The summed E-state index contributed by atoms with van der Waals surface area (Å²) in [4.78, 5) is 16.2. The molecule has 0 radical (unpaired) electrons. The first-order chi connectivity index (χ1) is 17.7. The number of hydrogen-bond acceptors (Lipinski definition) is 6. The monoisotopic (exact) mass is 515 g/mol. The van der Waals surface area contributed by atoms with Gasteiger partial charge in [-0.05, 0) is 50.5 Å². The van der Waals surface area contributed by atoms with Gasteiger partial charge in [-0.2, -0.15) is 0 Å². The van der Waals surface area contributed by atoms with Gasteiger partial charge in [0.1, 0.15) is 17.2 Å². The van der Waals surface area contributed by atoms with Crippen molar-refractivity contribution in [3.8, 4) is 28.0 Å². The SMILES string of the molecule is CCc1noc(C)c1-c1cnc2c(c1)c(-c1ccc(C(=O)O)cc1OC(F)(F)F)cn2C1CCOCC1. The fourth-order valence-electron chi connectivity index (χ4n) is 4.84. The van der Waals surface area contributed by atoms with Crippen LogP contribution in [0.3, 0.4) is 0 Å². The number of fused-ring (bicyclic) bond motifs is 1. The largest absolute Gasteiger partial charge is 0.573 e. The number of pyridine rings is 1. The van der Waals surface area contributed by atoms with Gasteiger partial charge in [0.2, 0.25) is 0 Å². The molecule has 0 atom stereocenters. The summed E-state index contributed by atoms with van der Waals surface area (Å²) in [7, 11) is 0. The molecule has 1 saturated heterocycles. The van der Waals surface area contributed by atoms with E-state index in [2.05, 4.69) is 9.89 Å². The number of aromatic nitrogens is 3. The minimum Gasteiger partial charge on any atom is -0.478 e. The van der Waals surface area contributed by atoms with Crippen molar-refractivity contribution in [3.05, 3.63) is 53.7 Å². The molecular formula is C26H24F3N3O5. The third-order valence-electron chi connectivity index (χ3n) is 6.56. The van der Waals surface area contributed by atoms with Gasteiger partial charge in [-0.15, -0.1) is 13.2 Å². The number of halogens is 3. The Kier molecular flexibility index (Phi) is 6.40. The summed E-state index contributed by atoms with van der Waals surface area (Å²) in [6.07, 6.45) is 0.534. The Morgan fingerprint density at radius 2 is 1.97 bits per heavy atom. The number of hydrogen-bond donors (Lipinski definition) is 1. The van der Waals surface area contributed by atoms with E-state index in [9.17, 15) is 23.1 Å². The molecule has 4 heterocycles. The molecule has 1 aliphatic heterocycles. The summed E-state index contributed by atoms with van der Waals surface area (Å²) in [5.41, 5.74) is 3.08. The number of rotatable bonds is 6. The lowest BCUT2D eigenvalue weighted by Gasteiger charge is -2.24. The molecule has 8 nitrogen and oxygen atoms in total. The van der Waals surface area contributed by atoms with Gasteiger partial charge in [0.25, 0.3) is 0 Å². The van der Waals surface area contributed by atoms with E-state index in [1.165, 1.54) is 12.1 Å². The summed E-state index contributed by atoms with van der Waals surface area (Å²) in [6, 6.07) is 5.38. The van der Waals surface area contributed by atoms with Crippen LogP contribution in [0.15, 0.2) is 41.2 Å². The van der Waals surface area contributed by atoms with E-state index in [4.69, 9.17) is 14.2 Å². The molecule has 0 spiro atoms. The van der Waals surface area contributed by atoms with E-state index in [0.717, 1.165) is 35.7 Å². The van der Waals surface area contributed by atoms with Crippen LogP contribution in [0.2, 0.25) is 0 Å². The predicted octanol–water partition coefficient (Wildman–Crippen LogP) is 6.18. The number of nitrogens with zero attached hydrogens (tertiary/aromatic N) is 3. The van der Waals surface area contributed by atoms with E-state index < -0.39 is 18.1 Å². The number of carboxylic acid groups (broad SMARTS) is 1. The Bertz CT molecular complexity index is 1470. The lowest BCUT2D eigenvalue weighted by molar-refractivity contribution is -0.274. The summed E-state index contributed by atoms with van der Waals surface area (Å²) in [5.74, 6) is -1.35. The second kappa shape index (κ2) is 9.55. The van der Waals surface area contributed by atoms with Crippen molar-refractivity contribution in [3.63, 3.8) is 0 Å². The molecule has 11 heteroatoms. The second-order valence-corrected chi connectivity index (χ2v) is 8.87. The molecule has 194 valence electrons. The average molecular weight is 515 g/mol. The van der Waals surface area contributed by atoms with Crippen LogP contribution in [-0.4, -0.2) is 45.4 Å². The Hall–Kier alpha value is -3.86. The van der Waals surface area contributed by atoms with Crippen LogP contribution in [0.1, 0.15) is 47.6 Å². The highest BCUT2D eigenvalue weighted by atomic mass is 19.4. The van der Waals surface area contributed by atoms with Gasteiger partial charge in [-0.1, -0.05) is 12.1 Å². The minimum atomic E-state index is -5.01. The maximum atomic E-state index is 13.3. The molecule has 5 rings (SSSR count). The fraction of sp³-hybridized carbons (Fsp3) is 0.346. The molecule has 0 bridgehead atoms. The molecule has 1 N–H and O–H groups in total. The zero-order valence-electron chi connectivity index (χ0n) is 20.1. The smallest absolute Gasteiger partial charge is 0.478 e. The van der Waals surface area contributed by atoms with E-state index in [0.29, 0.717) is 42.0 Å². The standard InChI is InChI=1S/C26H24F3N3O5/c1-3-21-23(14(2)37-31-21)16-10-19-20(13-32(24(19)30-12-16)17-6-8-35-9-7-17)18-5-4-15(25(33)34)11-22(18)36-26(27,28)29/h4-5,10-13,17H,3,6-9H2,1-2H3,(H,33,34). The number of benzene rings is 1. The van der Waals surface area contributed by atoms with Crippen molar-refractivity contribution in [1.82, 2.24) is 14.7 Å². The summed E-state index contributed by atoms with van der Waals surface area (Å²) in [5, 5.41) is 14.1. The molecule has 0 saturated carbocycles. The van der Waals surface area contributed by atoms with Crippen LogP contribution in [0.4, 0.5) is 13.2 Å². The van der Waals surface area contributed by atoms with E-state index >= 15 is 0 Å². The molecule has 0 unspecified atom stereocenters. The van der Waals surface area contributed by atoms with E-state index in [1.807, 2.05) is 17.6 Å². The van der Waals surface area contributed by atoms with Crippen LogP contribution < -0.4 is 4.74 Å². The van der Waals surface area contributed by atoms with Crippen molar-refractivity contribution < 1.29 is 37.1 Å². The fourth-order valence-corrected chi connectivity index (χ4v) is 4.84. The second-order valence-electron chi connectivity index (χ2n) is 8.87. The molecule has 37 heavy (non-hydrogen) atoms. The van der Waals surface area contributed by atoms with E-state index in [1.54, 1.807) is 19.3 Å². The number of carboxylic acids is 1. The summed E-state index contributed by atoms with van der Waals surface area (Å²) in [6.45, 7) is 4.87. The first-order valence-corrected chi connectivity index (χ1v) is 11.8. The Balaban J connectivity index is 1.76. The highest BCUT2D eigenvalue weighted by molar-refractivity contribution is 5.99. The summed E-state index contributed by atoms with van der Waals surface area (Å²) < 4.78 is 57.1. The van der Waals surface area contributed by atoms with E-state index in [-0.39, 0.29) is 17.2 Å². The first-order valence-electron chi connectivity index (χ1n) is 11.8. The molecular weight excluding hydrogens is 491 g/mol. The zero-order chi connectivity index (χ0) is 26.3. The third kappa shape index (κ3) is 4.78. The molecule has 3 aromatic heterocycles. The van der Waals surface area contributed by atoms with Crippen LogP contribution in [0.5, 0.6) is 5.75 Å². The molecule has 1 aromatic carbocycles. The number of aryl methyl sites for hydroxylation is 2. The zero-order valence-corrected chi connectivity index (χ0v) is 20.1. The van der Waals surface area contributed by atoms with Crippen LogP contribution in [-0.2, 0) is 11.2 Å². The lowest BCUT2D eigenvalue weighted by atomic mass is 9.99. The topological polar surface area (TPSA) is 99.6 Å². The Morgan fingerprint density at radius 3 is 2.65 bits per heavy atom. The van der Waals surface area contributed by atoms with Crippen LogP contribution in [0, 0.1) is 6.92 Å². The van der Waals surface area contributed by atoms with Crippen molar-refractivity contribution in [1.29, 1.82) is 0 Å². The molecule has 1 fully saturated rings. The van der Waals surface area contributed by atoms with Gasteiger partial charge in [0.15, 0.2) is 0 Å². The highest BCUT2D eigenvalue weighted by Crippen LogP contribution is 2.42. The minimum absolute atomic E-state index is 0.0390. The maximum Gasteiger partial charge on any atom is 0.573 e. The lowest BCUT2D eigenvalue weighted by Crippen LogP contribution is -2.19. The Labute approximate surface area is 209 Å². The molecule has 4 aromatic rings. The normalized spacial score (nSPS) is 14.8. The van der Waals surface area contributed by atoms with Crippen molar-refractivity contribution in [2.24, 2.45) is 0 Å². The van der Waals surface area contributed by atoms with Crippen molar-refractivity contribution >= 4 is 17.0 Å². The summed E-state index contributed by atoms with van der Waals surface area (Å²) >= 11 is 0. The number of aromatic carboxylic acids is 1. The quantitative estimate of drug-likeness (QED) is 0.327. The van der Waals surface area contributed by atoms with Crippen molar-refractivity contribution in [2.75, 3.05) is 13.2 Å².